The van der Waals surface area contributed by atoms with Crippen molar-refractivity contribution >= 4 is 23.4 Å². The molecule has 1 aliphatic rings. The molecule has 0 bridgehead atoms. The summed E-state index contributed by atoms with van der Waals surface area (Å²) in [5.74, 6) is 0.475. The summed E-state index contributed by atoms with van der Waals surface area (Å²) in [6.45, 7) is 0. The average molecular weight is 296 g/mol. The highest BCUT2D eigenvalue weighted by molar-refractivity contribution is 7.99. The van der Waals surface area contributed by atoms with Crippen molar-refractivity contribution in [1.29, 1.82) is 0 Å². The van der Waals surface area contributed by atoms with Gasteiger partial charge >= 0.3 is 0 Å². The summed E-state index contributed by atoms with van der Waals surface area (Å²) in [5, 5.41) is 5.62. The average Bonchev–Trinajstić information content (AvgIpc) is 2.93. The molecule has 0 amide bonds. The van der Waals surface area contributed by atoms with Crippen LogP contribution in [-0.4, -0.2) is 30.0 Å². The van der Waals surface area contributed by atoms with Crippen LogP contribution in [0.3, 0.4) is 0 Å². The summed E-state index contributed by atoms with van der Waals surface area (Å²) < 4.78 is 1.60. The van der Waals surface area contributed by atoms with Crippen molar-refractivity contribution in [3.63, 3.8) is 0 Å². The SMILES string of the molecule is Clc1nc(SC2CCCCC2)nc(-n2cccn2)n1. The Labute approximate surface area is 120 Å². The van der Waals surface area contributed by atoms with Crippen LogP contribution in [0.4, 0.5) is 0 Å². The minimum atomic E-state index is 0.221. The fraction of sp³-hybridized carbons (Fsp3) is 0.500. The number of thioether (sulfide) groups is 1. The van der Waals surface area contributed by atoms with Crippen LogP contribution in [0, 0.1) is 0 Å². The largest absolute Gasteiger partial charge is 0.255 e. The molecule has 2 heterocycles. The second kappa shape index (κ2) is 5.88. The number of rotatable bonds is 3. The maximum atomic E-state index is 5.97. The Bertz CT molecular complexity index is 539. The predicted molar refractivity (Wildman–Crippen MR) is 74.7 cm³/mol. The Morgan fingerprint density at radius 2 is 2.00 bits per heavy atom. The van der Waals surface area contributed by atoms with E-state index in [-0.39, 0.29) is 5.28 Å². The molecule has 7 heteroatoms. The summed E-state index contributed by atoms with van der Waals surface area (Å²) in [6, 6.07) is 1.83. The number of nitrogens with zero attached hydrogens (tertiary/aromatic N) is 5. The molecule has 19 heavy (non-hydrogen) atoms. The zero-order chi connectivity index (χ0) is 13.1. The Hall–Kier alpha value is -1.14. The van der Waals surface area contributed by atoms with E-state index in [4.69, 9.17) is 11.6 Å². The van der Waals surface area contributed by atoms with Crippen LogP contribution in [0.5, 0.6) is 0 Å². The molecule has 0 aromatic carbocycles. The summed E-state index contributed by atoms with van der Waals surface area (Å²) >= 11 is 7.67. The molecule has 3 rings (SSSR count). The molecular formula is C12H14ClN5S. The van der Waals surface area contributed by atoms with Gasteiger partial charge in [-0.25, -0.2) is 4.68 Å². The maximum absolute atomic E-state index is 5.97. The number of hydrogen-bond donors (Lipinski definition) is 0. The molecule has 100 valence electrons. The lowest BCUT2D eigenvalue weighted by Crippen LogP contribution is -2.10. The lowest BCUT2D eigenvalue weighted by Gasteiger charge is -2.19. The molecule has 1 fully saturated rings. The Balaban J connectivity index is 1.81. The minimum absolute atomic E-state index is 0.221. The zero-order valence-electron chi connectivity index (χ0n) is 10.4. The molecule has 2 aromatic rings. The third kappa shape index (κ3) is 3.25. The molecular weight excluding hydrogens is 282 g/mol. The van der Waals surface area contributed by atoms with Gasteiger partial charge in [0.2, 0.25) is 5.28 Å². The summed E-state index contributed by atoms with van der Waals surface area (Å²) in [4.78, 5) is 12.7. The van der Waals surface area contributed by atoms with E-state index in [0.717, 1.165) is 0 Å². The topological polar surface area (TPSA) is 56.5 Å². The standard InChI is InChI=1S/C12H14ClN5S/c13-10-15-11(18-8-4-7-14-18)17-12(16-10)19-9-5-2-1-3-6-9/h4,7-9H,1-3,5-6H2. The third-order valence-electron chi connectivity index (χ3n) is 3.11. The quantitative estimate of drug-likeness (QED) is 0.870. The highest BCUT2D eigenvalue weighted by Gasteiger charge is 2.17. The summed E-state index contributed by atoms with van der Waals surface area (Å²) in [7, 11) is 0. The smallest absolute Gasteiger partial charge is 0.206 e. The first-order valence-electron chi connectivity index (χ1n) is 6.39. The van der Waals surface area contributed by atoms with E-state index >= 15 is 0 Å². The summed E-state index contributed by atoms with van der Waals surface area (Å²) in [5.41, 5.74) is 0. The van der Waals surface area contributed by atoms with Crippen LogP contribution < -0.4 is 0 Å². The fourth-order valence-corrected chi connectivity index (χ4v) is 3.54. The first-order valence-corrected chi connectivity index (χ1v) is 7.65. The highest BCUT2D eigenvalue weighted by Crippen LogP contribution is 2.32. The van der Waals surface area contributed by atoms with Crippen molar-refractivity contribution in [2.24, 2.45) is 0 Å². The van der Waals surface area contributed by atoms with Crippen molar-refractivity contribution in [3.05, 3.63) is 23.7 Å². The van der Waals surface area contributed by atoms with Crippen LogP contribution in [0.1, 0.15) is 32.1 Å². The molecule has 0 aliphatic heterocycles. The van der Waals surface area contributed by atoms with Crippen LogP contribution in [0.25, 0.3) is 5.95 Å². The number of hydrogen-bond acceptors (Lipinski definition) is 5. The Morgan fingerprint density at radius 3 is 2.74 bits per heavy atom. The van der Waals surface area contributed by atoms with Gasteiger partial charge in [-0.05, 0) is 30.5 Å². The zero-order valence-corrected chi connectivity index (χ0v) is 11.9. The van der Waals surface area contributed by atoms with Gasteiger partial charge in [-0.15, -0.1) is 0 Å². The van der Waals surface area contributed by atoms with Gasteiger partial charge < -0.3 is 0 Å². The molecule has 0 N–H and O–H groups in total. The van der Waals surface area contributed by atoms with Gasteiger partial charge in [-0.2, -0.15) is 20.1 Å². The molecule has 0 atom stereocenters. The van der Waals surface area contributed by atoms with Crippen molar-refractivity contribution in [2.45, 2.75) is 42.5 Å². The van der Waals surface area contributed by atoms with E-state index in [9.17, 15) is 0 Å². The van der Waals surface area contributed by atoms with Crippen molar-refractivity contribution < 1.29 is 0 Å². The molecule has 2 aromatic heterocycles. The second-order valence-corrected chi connectivity index (χ2v) is 6.12. The van der Waals surface area contributed by atoms with Crippen LogP contribution in [0.2, 0.25) is 5.28 Å². The molecule has 0 unspecified atom stereocenters. The van der Waals surface area contributed by atoms with Crippen molar-refractivity contribution in [2.75, 3.05) is 0 Å². The number of aromatic nitrogens is 5. The van der Waals surface area contributed by atoms with E-state index in [1.807, 2.05) is 6.07 Å². The van der Waals surface area contributed by atoms with Crippen LogP contribution in [0.15, 0.2) is 23.6 Å². The van der Waals surface area contributed by atoms with Crippen molar-refractivity contribution in [3.8, 4) is 5.95 Å². The molecule has 0 radical (unpaired) electrons. The van der Waals surface area contributed by atoms with E-state index < -0.39 is 0 Å². The fourth-order valence-electron chi connectivity index (χ4n) is 2.20. The van der Waals surface area contributed by atoms with E-state index in [1.54, 1.807) is 28.8 Å². The van der Waals surface area contributed by atoms with Crippen molar-refractivity contribution in [1.82, 2.24) is 24.7 Å². The van der Waals surface area contributed by atoms with E-state index in [2.05, 4.69) is 20.1 Å². The van der Waals surface area contributed by atoms with Gasteiger partial charge in [0.25, 0.3) is 5.95 Å². The van der Waals surface area contributed by atoms with Gasteiger partial charge in [0.1, 0.15) is 0 Å². The predicted octanol–water partition coefficient (Wildman–Crippen LogP) is 3.14. The molecule has 1 aliphatic carbocycles. The first kappa shape index (κ1) is 12.9. The van der Waals surface area contributed by atoms with Gasteiger partial charge in [-0.1, -0.05) is 31.0 Å². The Morgan fingerprint density at radius 1 is 1.16 bits per heavy atom. The second-order valence-electron chi connectivity index (χ2n) is 4.52. The van der Waals surface area contributed by atoms with Gasteiger partial charge in [0, 0.05) is 17.6 Å². The lowest BCUT2D eigenvalue weighted by atomic mass is 10.0. The van der Waals surface area contributed by atoms with Gasteiger partial charge in [0.05, 0.1) is 0 Å². The molecule has 0 saturated heterocycles. The third-order valence-corrected chi connectivity index (χ3v) is 4.48. The maximum Gasteiger partial charge on any atom is 0.255 e. The monoisotopic (exact) mass is 295 g/mol. The summed E-state index contributed by atoms with van der Waals surface area (Å²) in [6.07, 6.45) is 9.86. The van der Waals surface area contributed by atoms with Gasteiger partial charge in [0.15, 0.2) is 5.16 Å². The highest BCUT2D eigenvalue weighted by atomic mass is 35.5. The van der Waals surface area contributed by atoms with Crippen LogP contribution >= 0.6 is 23.4 Å². The Kier molecular flexibility index (Phi) is 3.98. The van der Waals surface area contributed by atoms with E-state index in [1.165, 1.54) is 32.1 Å². The molecule has 1 saturated carbocycles. The normalized spacial score (nSPS) is 16.7. The molecule has 0 spiro atoms. The molecule has 5 nitrogen and oxygen atoms in total. The first-order chi connectivity index (χ1) is 9.31. The van der Waals surface area contributed by atoms with Gasteiger partial charge in [-0.3, -0.25) is 0 Å². The lowest BCUT2D eigenvalue weighted by molar-refractivity contribution is 0.515. The number of halogens is 1. The van der Waals surface area contributed by atoms with Crippen LogP contribution in [-0.2, 0) is 0 Å². The van der Waals surface area contributed by atoms with E-state index in [0.29, 0.717) is 16.4 Å². The minimum Gasteiger partial charge on any atom is -0.206 e.